The number of amides is 3. The third-order valence-electron chi connectivity index (χ3n) is 3.04. The van der Waals surface area contributed by atoms with Gasteiger partial charge >= 0.3 is 0 Å². The molecule has 0 aliphatic carbocycles. The van der Waals surface area contributed by atoms with Crippen LogP contribution >= 0.6 is 0 Å². The number of nitrogens with zero attached hydrogens (tertiary/aromatic N) is 1. The highest BCUT2D eigenvalue weighted by Crippen LogP contribution is 2.20. The van der Waals surface area contributed by atoms with Crippen LogP contribution in [0.3, 0.4) is 0 Å². The van der Waals surface area contributed by atoms with Crippen molar-refractivity contribution in [1.29, 1.82) is 0 Å². The maximum absolute atomic E-state index is 12.0. The summed E-state index contributed by atoms with van der Waals surface area (Å²) >= 11 is 0. The maximum atomic E-state index is 12.0. The molecule has 1 aliphatic rings. The Hall–Kier alpha value is -2.17. The van der Waals surface area contributed by atoms with Crippen LogP contribution in [0.5, 0.6) is 0 Å². The zero-order valence-electron chi connectivity index (χ0n) is 10.8. The summed E-state index contributed by atoms with van der Waals surface area (Å²) in [5.74, 6) is -1.24. The number of unbranched alkanes of at least 4 members (excludes halogenated alkanes) is 2. The van der Waals surface area contributed by atoms with Crippen LogP contribution in [0.15, 0.2) is 24.3 Å². The minimum atomic E-state index is -0.468. The lowest BCUT2D eigenvalue weighted by Gasteiger charge is -2.14. The predicted molar refractivity (Wildman–Crippen MR) is 69.2 cm³/mol. The standard InChI is InChI=1S/C14H16N2O3/c1-2-3-4-9-12(17)15-16-13(18)10-7-5-6-8-11(10)14(16)19/h5-8H,2-4,9H2,1H3,(H,15,17). The number of imide groups is 1. The average Bonchev–Trinajstić information content (AvgIpc) is 2.65. The Kier molecular flexibility index (Phi) is 3.94. The fourth-order valence-corrected chi connectivity index (χ4v) is 2.01. The molecule has 1 aliphatic heterocycles. The summed E-state index contributed by atoms with van der Waals surface area (Å²) in [4.78, 5) is 35.6. The van der Waals surface area contributed by atoms with Gasteiger partial charge in [0.25, 0.3) is 11.8 Å². The van der Waals surface area contributed by atoms with E-state index in [1.165, 1.54) is 0 Å². The highest BCUT2D eigenvalue weighted by atomic mass is 16.2. The molecule has 3 amide bonds. The van der Waals surface area contributed by atoms with Crippen molar-refractivity contribution >= 4 is 17.7 Å². The zero-order valence-corrected chi connectivity index (χ0v) is 10.8. The number of hydrazine groups is 1. The van der Waals surface area contributed by atoms with Gasteiger partial charge in [0.2, 0.25) is 5.91 Å². The van der Waals surface area contributed by atoms with Gasteiger partial charge in [-0.1, -0.05) is 31.9 Å². The number of rotatable bonds is 5. The van der Waals surface area contributed by atoms with Gasteiger partial charge in [0.15, 0.2) is 0 Å². The monoisotopic (exact) mass is 260 g/mol. The van der Waals surface area contributed by atoms with E-state index in [-0.39, 0.29) is 5.91 Å². The molecule has 1 aromatic rings. The van der Waals surface area contributed by atoms with E-state index in [2.05, 4.69) is 5.43 Å². The van der Waals surface area contributed by atoms with Crippen LogP contribution in [0.25, 0.3) is 0 Å². The Morgan fingerprint density at radius 2 is 1.68 bits per heavy atom. The SMILES string of the molecule is CCCCCC(=O)NN1C(=O)c2ccccc2C1=O. The second kappa shape index (κ2) is 5.65. The molecular formula is C14H16N2O3. The molecule has 5 heteroatoms. The van der Waals surface area contributed by atoms with Gasteiger partial charge in [0, 0.05) is 6.42 Å². The van der Waals surface area contributed by atoms with Gasteiger partial charge in [0.05, 0.1) is 11.1 Å². The lowest BCUT2D eigenvalue weighted by Crippen LogP contribution is -2.45. The quantitative estimate of drug-likeness (QED) is 0.649. The molecule has 1 N–H and O–H groups in total. The van der Waals surface area contributed by atoms with Crippen molar-refractivity contribution in [2.45, 2.75) is 32.6 Å². The Morgan fingerprint density at radius 1 is 1.11 bits per heavy atom. The van der Waals surface area contributed by atoms with E-state index in [0.717, 1.165) is 24.3 Å². The van der Waals surface area contributed by atoms with E-state index in [1.807, 2.05) is 6.92 Å². The number of fused-ring (bicyclic) bond motifs is 1. The summed E-state index contributed by atoms with van der Waals surface area (Å²) in [5, 5.41) is 0.805. The molecule has 0 aromatic heterocycles. The van der Waals surface area contributed by atoms with Crippen LogP contribution in [0.2, 0.25) is 0 Å². The minimum Gasteiger partial charge on any atom is -0.273 e. The highest BCUT2D eigenvalue weighted by Gasteiger charge is 2.36. The summed E-state index contributed by atoms with van der Waals surface area (Å²) in [7, 11) is 0. The molecule has 0 radical (unpaired) electrons. The van der Waals surface area contributed by atoms with E-state index < -0.39 is 11.8 Å². The predicted octanol–water partition coefficient (Wildman–Crippen LogP) is 1.89. The van der Waals surface area contributed by atoms with Crippen molar-refractivity contribution in [3.05, 3.63) is 35.4 Å². The molecule has 19 heavy (non-hydrogen) atoms. The van der Waals surface area contributed by atoms with E-state index in [0.29, 0.717) is 17.5 Å². The van der Waals surface area contributed by atoms with E-state index in [1.54, 1.807) is 24.3 Å². The smallest absolute Gasteiger partial charge is 0.273 e. The van der Waals surface area contributed by atoms with Crippen LogP contribution in [-0.2, 0) is 4.79 Å². The van der Waals surface area contributed by atoms with Crippen LogP contribution in [0.4, 0.5) is 0 Å². The van der Waals surface area contributed by atoms with E-state index >= 15 is 0 Å². The third-order valence-corrected chi connectivity index (χ3v) is 3.04. The van der Waals surface area contributed by atoms with E-state index in [9.17, 15) is 14.4 Å². The van der Waals surface area contributed by atoms with Crippen LogP contribution in [-0.4, -0.2) is 22.7 Å². The summed E-state index contributed by atoms with van der Waals surface area (Å²) in [6.45, 7) is 2.04. The Bertz CT molecular complexity index is 490. The molecule has 100 valence electrons. The molecule has 2 rings (SSSR count). The fourth-order valence-electron chi connectivity index (χ4n) is 2.01. The highest BCUT2D eigenvalue weighted by molar-refractivity contribution is 6.21. The lowest BCUT2D eigenvalue weighted by molar-refractivity contribution is -0.124. The van der Waals surface area contributed by atoms with Crippen LogP contribution in [0, 0.1) is 0 Å². The lowest BCUT2D eigenvalue weighted by atomic mass is 10.1. The van der Waals surface area contributed by atoms with Gasteiger partial charge < -0.3 is 0 Å². The van der Waals surface area contributed by atoms with Gasteiger partial charge in [0.1, 0.15) is 0 Å². The fraction of sp³-hybridized carbons (Fsp3) is 0.357. The topological polar surface area (TPSA) is 66.5 Å². The van der Waals surface area contributed by atoms with Crippen molar-refractivity contribution in [2.75, 3.05) is 0 Å². The van der Waals surface area contributed by atoms with E-state index in [4.69, 9.17) is 0 Å². The van der Waals surface area contributed by atoms with Gasteiger partial charge in [-0.15, -0.1) is 0 Å². The number of hydrogen-bond donors (Lipinski definition) is 1. The van der Waals surface area contributed by atoms with Crippen molar-refractivity contribution in [2.24, 2.45) is 0 Å². The van der Waals surface area contributed by atoms with Crippen molar-refractivity contribution < 1.29 is 14.4 Å². The molecule has 1 aromatic carbocycles. The Labute approximate surface area is 111 Å². The largest absolute Gasteiger partial charge is 0.280 e. The van der Waals surface area contributed by atoms with Gasteiger partial charge in [-0.05, 0) is 18.6 Å². The summed E-state index contributed by atoms with van der Waals surface area (Å²) in [6.07, 6.45) is 3.04. The summed E-state index contributed by atoms with van der Waals surface area (Å²) in [5.41, 5.74) is 3.05. The van der Waals surface area contributed by atoms with Gasteiger partial charge in [-0.2, -0.15) is 5.01 Å². The molecule has 0 bridgehead atoms. The molecule has 0 saturated heterocycles. The number of carbonyl (C=O) groups is 3. The van der Waals surface area contributed by atoms with Crippen molar-refractivity contribution in [3.8, 4) is 0 Å². The molecule has 0 atom stereocenters. The van der Waals surface area contributed by atoms with Gasteiger partial charge in [-0.25, -0.2) is 0 Å². The van der Waals surface area contributed by atoms with Crippen LogP contribution < -0.4 is 5.43 Å². The molecule has 0 unspecified atom stereocenters. The first-order valence-corrected chi connectivity index (χ1v) is 6.42. The second-order valence-corrected chi connectivity index (χ2v) is 4.48. The number of benzene rings is 1. The first-order chi connectivity index (χ1) is 9.15. The maximum Gasteiger partial charge on any atom is 0.280 e. The molecule has 0 spiro atoms. The number of hydrogen-bond acceptors (Lipinski definition) is 3. The van der Waals surface area contributed by atoms with Crippen LogP contribution in [0.1, 0.15) is 53.3 Å². The van der Waals surface area contributed by atoms with Gasteiger partial charge in [-0.3, -0.25) is 19.8 Å². The second-order valence-electron chi connectivity index (χ2n) is 4.48. The number of nitrogens with one attached hydrogen (secondary N) is 1. The zero-order chi connectivity index (χ0) is 13.8. The van der Waals surface area contributed by atoms with Crippen molar-refractivity contribution in [3.63, 3.8) is 0 Å². The summed E-state index contributed by atoms with van der Waals surface area (Å²) in [6, 6.07) is 6.55. The third kappa shape index (κ3) is 2.65. The summed E-state index contributed by atoms with van der Waals surface area (Å²) < 4.78 is 0. The molecular weight excluding hydrogens is 244 g/mol. The Morgan fingerprint density at radius 3 is 2.21 bits per heavy atom. The first-order valence-electron chi connectivity index (χ1n) is 6.42. The normalized spacial score (nSPS) is 13.6. The molecule has 0 fully saturated rings. The average molecular weight is 260 g/mol. The minimum absolute atomic E-state index is 0.303. The molecule has 1 heterocycles. The number of carbonyl (C=O) groups excluding carboxylic acids is 3. The van der Waals surface area contributed by atoms with Crippen molar-refractivity contribution in [1.82, 2.24) is 10.4 Å². The first kappa shape index (κ1) is 13.3. The molecule has 5 nitrogen and oxygen atoms in total. The Balaban J connectivity index is 2.02. The molecule has 0 saturated carbocycles.